The fraction of sp³-hybridized carbons (Fsp3) is 0.286. The Morgan fingerprint density at radius 2 is 2.00 bits per heavy atom. The summed E-state index contributed by atoms with van der Waals surface area (Å²) in [6.45, 7) is 3.20. The summed E-state index contributed by atoms with van der Waals surface area (Å²) < 4.78 is 18.5. The Morgan fingerprint density at radius 3 is 2.58 bits per heavy atom. The summed E-state index contributed by atoms with van der Waals surface area (Å²) >= 11 is 0. The van der Waals surface area contributed by atoms with Gasteiger partial charge in [0.15, 0.2) is 17.4 Å². The molecule has 2 aromatic rings. The summed E-state index contributed by atoms with van der Waals surface area (Å²) in [6.07, 6.45) is 1.54. The van der Waals surface area contributed by atoms with Crippen LogP contribution < -0.4 is 4.74 Å². The van der Waals surface area contributed by atoms with Crippen molar-refractivity contribution in [3.63, 3.8) is 0 Å². The maximum absolute atomic E-state index is 13.7. The predicted octanol–water partition coefficient (Wildman–Crippen LogP) is 2.52. The van der Waals surface area contributed by atoms with E-state index in [0.29, 0.717) is 17.1 Å². The zero-order chi connectivity index (χ0) is 14.0. The molecule has 1 aromatic heterocycles. The van der Waals surface area contributed by atoms with E-state index in [9.17, 15) is 9.50 Å². The van der Waals surface area contributed by atoms with Crippen LogP contribution in [0.15, 0.2) is 30.5 Å². The highest BCUT2D eigenvalue weighted by Gasteiger charge is 2.20. The number of hydrogen-bond donors (Lipinski definition) is 1. The molecule has 0 unspecified atom stereocenters. The number of hydrogen-bond acceptors (Lipinski definition) is 4. The molecular formula is C14H15FN2O2. The second-order valence-electron chi connectivity index (χ2n) is 4.67. The second kappa shape index (κ2) is 4.93. The molecule has 0 saturated carbocycles. The standard InChI is InChI=1S/C14H15FN2O2/c1-14(2,18)13-16-7-6-11(17-13)9-4-5-12(19-3)10(15)8-9/h4-8,18H,1-3H3. The topological polar surface area (TPSA) is 55.2 Å². The summed E-state index contributed by atoms with van der Waals surface area (Å²) in [5, 5.41) is 9.88. The molecule has 0 aliphatic carbocycles. The van der Waals surface area contributed by atoms with E-state index < -0.39 is 11.4 Å². The Bertz CT molecular complexity index is 594. The van der Waals surface area contributed by atoms with Crippen LogP contribution in [0.4, 0.5) is 4.39 Å². The third kappa shape index (κ3) is 2.88. The number of benzene rings is 1. The van der Waals surface area contributed by atoms with Crippen LogP contribution in [0.1, 0.15) is 19.7 Å². The first kappa shape index (κ1) is 13.4. The highest BCUT2D eigenvalue weighted by atomic mass is 19.1. The van der Waals surface area contributed by atoms with Gasteiger partial charge in [0.2, 0.25) is 0 Å². The van der Waals surface area contributed by atoms with Crippen molar-refractivity contribution < 1.29 is 14.2 Å². The molecule has 0 bridgehead atoms. The van der Waals surface area contributed by atoms with E-state index in [2.05, 4.69) is 9.97 Å². The van der Waals surface area contributed by atoms with Crippen molar-refractivity contribution in [2.75, 3.05) is 7.11 Å². The summed E-state index contributed by atoms with van der Waals surface area (Å²) in [4.78, 5) is 8.26. The average Bonchev–Trinajstić information content (AvgIpc) is 2.38. The quantitative estimate of drug-likeness (QED) is 0.923. The van der Waals surface area contributed by atoms with Gasteiger partial charge in [-0.05, 0) is 38.1 Å². The highest BCUT2D eigenvalue weighted by molar-refractivity contribution is 5.60. The van der Waals surface area contributed by atoms with Crippen molar-refractivity contribution in [2.24, 2.45) is 0 Å². The lowest BCUT2D eigenvalue weighted by atomic mass is 10.1. The van der Waals surface area contributed by atoms with Crippen LogP contribution in [0.2, 0.25) is 0 Å². The molecule has 0 amide bonds. The first-order chi connectivity index (χ1) is 8.91. The lowest BCUT2D eigenvalue weighted by Gasteiger charge is -2.15. The largest absolute Gasteiger partial charge is 0.494 e. The second-order valence-corrected chi connectivity index (χ2v) is 4.67. The van der Waals surface area contributed by atoms with E-state index in [4.69, 9.17) is 4.74 Å². The maximum atomic E-state index is 13.7. The minimum Gasteiger partial charge on any atom is -0.494 e. The molecule has 0 aliphatic heterocycles. The SMILES string of the molecule is COc1ccc(-c2ccnc(C(C)(C)O)n2)cc1F. The third-order valence-corrected chi connectivity index (χ3v) is 2.65. The van der Waals surface area contributed by atoms with E-state index in [1.807, 2.05) is 0 Å². The average molecular weight is 262 g/mol. The van der Waals surface area contributed by atoms with Crippen molar-refractivity contribution in [2.45, 2.75) is 19.4 Å². The molecule has 0 spiro atoms. The molecule has 0 fully saturated rings. The van der Waals surface area contributed by atoms with Gasteiger partial charge in [-0.25, -0.2) is 14.4 Å². The molecular weight excluding hydrogens is 247 g/mol. The summed E-state index contributed by atoms with van der Waals surface area (Å²) in [7, 11) is 1.41. The van der Waals surface area contributed by atoms with Gasteiger partial charge in [0, 0.05) is 11.8 Å². The van der Waals surface area contributed by atoms with Gasteiger partial charge in [-0.3, -0.25) is 0 Å². The minimum atomic E-state index is -1.14. The fourth-order valence-electron chi connectivity index (χ4n) is 1.64. The molecule has 5 heteroatoms. The van der Waals surface area contributed by atoms with Gasteiger partial charge in [0.1, 0.15) is 5.60 Å². The Morgan fingerprint density at radius 1 is 1.26 bits per heavy atom. The summed E-state index contributed by atoms with van der Waals surface area (Å²) in [5.41, 5.74) is 0.0148. The van der Waals surface area contributed by atoms with Crippen LogP contribution in [0.3, 0.4) is 0 Å². The van der Waals surface area contributed by atoms with Crippen molar-refractivity contribution in [1.29, 1.82) is 0 Å². The Hall–Kier alpha value is -2.01. The monoisotopic (exact) mass is 262 g/mol. The zero-order valence-corrected chi connectivity index (χ0v) is 11.0. The molecule has 0 atom stereocenters. The molecule has 0 saturated heterocycles. The number of aromatic nitrogens is 2. The molecule has 0 radical (unpaired) electrons. The van der Waals surface area contributed by atoms with Gasteiger partial charge in [0.25, 0.3) is 0 Å². The van der Waals surface area contributed by atoms with Crippen molar-refractivity contribution >= 4 is 0 Å². The van der Waals surface area contributed by atoms with E-state index in [-0.39, 0.29) is 5.75 Å². The molecule has 0 aliphatic rings. The predicted molar refractivity (Wildman–Crippen MR) is 69.2 cm³/mol. The van der Waals surface area contributed by atoms with Gasteiger partial charge in [-0.15, -0.1) is 0 Å². The number of rotatable bonds is 3. The fourth-order valence-corrected chi connectivity index (χ4v) is 1.64. The third-order valence-electron chi connectivity index (χ3n) is 2.65. The molecule has 1 aromatic carbocycles. The van der Waals surface area contributed by atoms with Crippen LogP contribution in [0.25, 0.3) is 11.3 Å². The van der Waals surface area contributed by atoms with Gasteiger partial charge in [-0.2, -0.15) is 0 Å². The molecule has 19 heavy (non-hydrogen) atoms. The molecule has 2 rings (SSSR count). The van der Waals surface area contributed by atoms with Crippen LogP contribution in [0, 0.1) is 5.82 Å². The van der Waals surface area contributed by atoms with Crippen LogP contribution in [-0.2, 0) is 5.60 Å². The highest BCUT2D eigenvalue weighted by Crippen LogP contribution is 2.25. The van der Waals surface area contributed by atoms with E-state index in [1.165, 1.54) is 25.4 Å². The molecule has 4 nitrogen and oxygen atoms in total. The first-order valence-corrected chi connectivity index (χ1v) is 5.81. The van der Waals surface area contributed by atoms with Crippen LogP contribution in [-0.4, -0.2) is 22.2 Å². The van der Waals surface area contributed by atoms with Gasteiger partial charge in [-0.1, -0.05) is 0 Å². The molecule has 100 valence electrons. The van der Waals surface area contributed by atoms with Crippen LogP contribution in [0.5, 0.6) is 5.75 Å². The van der Waals surface area contributed by atoms with E-state index >= 15 is 0 Å². The van der Waals surface area contributed by atoms with E-state index in [0.717, 1.165) is 0 Å². The summed E-state index contributed by atoms with van der Waals surface area (Å²) in [5.74, 6) is 0.0187. The lowest BCUT2D eigenvalue weighted by Crippen LogP contribution is -2.19. The Labute approximate surface area is 110 Å². The first-order valence-electron chi connectivity index (χ1n) is 5.81. The minimum absolute atomic E-state index is 0.181. The van der Waals surface area contributed by atoms with Gasteiger partial charge in [0.05, 0.1) is 12.8 Å². The smallest absolute Gasteiger partial charge is 0.165 e. The summed E-state index contributed by atoms with van der Waals surface area (Å²) in [6, 6.07) is 6.25. The Kier molecular flexibility index (Phi) is 3.48. The van der Waals surface area contributed by atoms with Crippen molar-refractivity contribution in [1.82, 2.24) is 9.97 Å². The lowest BCUT2D eigenvalue weighted by molar-refractivity contribution is 0.0688. The maximum Gasteiger partial charge on any atom is 0.165 e. The zero-order valence-electron chi connectivity index (χ0n) is 11.0. The molecule has 1 heterocycles. The van der Waals surface area contributed by atoms with Gasteiger partial charge < -0.3 is 9.84 Å². The van der Waals surface area contributed by atoms with Gasteiger partial charge >= 0.3 is 0 Å². The van der Waals surface area contributed by atoms with Crippen LogP contribution >= 0.6 is 0 Å². The number of ether oxygens (including phenoxy) is 1. The number of halogens is 1. The number of methoxy groups -OCH3 is 1. The normalized spacial score (nSPS) is 11.4. The number of nitrogens with zero attached hydrogens (tertiary/aromatic N) is 2. The number of aliphatic hydroxyl groups is 1. The molecule has 1 N–H and O–H groups in total. The van der Waals surface area contributed by atoms with Crippen molar-refractivity contribution in [3.05, 3.63) is 42.1 Å². The Balaban J connectivity index is 2.45. The van der Waals surface area contributed by atoms with E-state index in [1.54, 1.807) is 26.0 Å². The van der Waals surface area contributed by atoms with Crippen molar-refractivity contribution in [3.8, 4) is 17.0 Å².